The SMILES string of the molecule is CCC(=O)OCC1=CC=CCC1. The van der Waals surface area contributed by atoms with E-state index in [0.717, 1.165) is 12.8 Å². The summed E-state index contributed by atoms with van der Waals surface area (Å²) < 4.78 is 4.99. The molecule has 0 spiro atoms. The van der Waals surface area contributed by atoms with Crippen LogP contribution in [-0.2, 0) is 9.53 Å². The van der Waals surface area contributed by atoms with Gasteiger partial charge in [0.05, 0.1) is 0 Å². The molecule has 66 valence electrons. The van der Waals surface area contributed by atoms with Gasteiger partial charge in [-0.1, -0.05) is 25.2 Å². The van der Waals surface area contributed by atoms with Crippen LogP contribution < -0.4 is 0 Å². The van der Waals surface area contributed by atoms with Crippen molar-refractivity contribution >= 4 is 5.97 Å². The quantitative estimate of drug-likeness (QED) is 0.601. The van der Waals surface area contributed by atoms with Gasteiger partial charge in [0.2, 0.25) is 0 Å². The largest absolute Gasteiger partial charge is 0.461 e. The van der Waals surface area contributed by atoms with Crippen molar-refractivity contribution in [3.05, 3.63) is 23.8 Å². The van der Waals surface area contributed by atoms with Gasteiger partial charge in [-0.15, -0.1) is 0 Å². The zero-order valence-corrected chi connectivity index (χ0v) is 7.38. The van der Waals surface area contributed by atoms with Crippen LogP contribution in [0.3, 0.4) is 0 Å². The topological polar surface area (TPSA) is 26.3 Å². The molecule has 0 bridgehead atoms. The maximum Gasteiger partial charge on any atom is 0.305 e. The normalized spacial score (nSPS) is 15.6. The van der Waals surface area contributed by atoms with Crippen LogP contribution in [0.15, 0.2) is 23.8 Å². The molecule has 0 aromatic heterocycles. The lowest BCUT2D eigenvalue weighted by Gasteiger charge is -2.08. The molecule has 0 heterocycles. The lowest BCUT2D eigenvalue weighted by atomic mass is 10.1. The van der Waals surface area contributed by atoms with Crippen molar-refractivity contribution in [2.24, 2.45) is 0 Å². The van der Waals surface area contributed by atoms with E-state index in [1.807, 2.05) is 12.2 Å². The van der Waals surface area contributed by atoms with Crippen LogP contribution in [0.2, 0.25) is 0 Å². The molecule has 0 saturated heterocycles. The molecule has 1 aliphatic rings. The van der Waals surface area contributed by atoms with Gasteiger partial charge in [-0.2, -0.15) is 0 Å². The fourth-order valence-electron chi connectivity index (χ4n) is 1.05. The fourth-order valence-corrected chi connectivity index (χ4v) is 1.05. The predicted octanol–water partition coefficient (Wildman–Crippen LogP) is 2.22. The van der Waals surface area contributed by atoms with E-state index < -0.39 is 0 Å². The van der Waals surface area contributed by atoms with Crippen LogP contribution in [0.4, 0.5) is 0 Å². The second-order valence-corrected chi connectivity index (χ2v) is 2.81. The highest BCUT2D eigenvalue weighted by atomic mass is 16.5. The van der Waals surface area contributed by atoms with Gasteiger partial charge < -0.3 is 4.74 Å². The molecule has 0 radical (unpaired) electrons. The highest BCUT2D eigenvalue weighted by molar-refractivity contribution is 5.69. The minimum atomic E-state index is -0.120. The smallest absolute Gasteiger partial charge is 0.305 e. The standard InChI is InChI=1S/C10H14O2/c1-2-10(11)12-8-9-6-4-3-5-7-9/h3-4,6H,2,5,7-8H2,1H3. The molecule has 0 aromatic rings. The Morgan fingerprint density at radius 2 is 2.50 bits per heavy atom. The number of esters is 1. The number of carbonyl (C=O) groups excluding carboxylic acids is 1. The highest BCUT2D eigenvalue weighted by Gasteiger charge is 2.02. The van der Waals surface area contributed by atoms with E-state index in [9.17, 15) is 4.79 Å². The lowest BCUT2D eigenvalue weighted by molar-refractivity contribution is -0.142. The third-order valence-electron chi connectivity index (χ3n) is 1.81. The fraction of sp³-hybridized carbons (Fsp3) is 0.500. The average Bonchev–Trinajstić information content (AvgIpc) is 2.16. The Labute approximate surface area is 72.9 Å². The first kappa shape index (κ1) is 9.04. The minimum Gasteiger partial charge on any atom is -0.461 e. The van der Waals surface area contributed by atoms with E-state index in [0.29, 0.717) is 13.0 Å². The molecule has 0 aliphatic heterocycles. The Balaban J connectivity index is 2.27. The Morgan fingerprint density at radius 3 is 3.08 bits per heavy atom. The van der Waals surface area contributed by atoms with Gasteiger partial charge in [0, 0.05) is 6.42 Å². The van der Waals surface area contributed by atoms with Crippen molar-refractivity contribution in [2.45, 2.75) is 26.2 Å². The summed E-state index contributed by atoms with van der Waals surface area (Å²) in [5.74, 6) is -0.120. The number of rotatable bonds is 3. The predicted molar refractivity (Wildman–Crippen MR) is 47.7 cm³/mol. The van der Waals surface area contributed by atoms with Crippen molar-refractivity contribution in [3.63, 3.8) is 0 Å². The summed E-state index contributed by atoms with van der Waals surface area (Å²) in [7, 11) is 0. The maximum absolute atomic E-state index is 10.8. The van der Waals surface area contributed by atoms with Gasteiger partial charge in [-0.05, 0) is 18.4 Å². The summed E-state index contributed by atoms with van der Waals surface area (Å²) in [6, 6.07) is 0. The van der Waals surface area contributed by atoms with Crippen molar-refractivity contribution in [3.8, 4) is 0 Å². The summed E-state index contributed by atoms with van der Waals surface area (Å²) in [4.78, 5) is 10.8. The highest BCUT2D eigenvalue weighted by Crippen LogP contribution is 2.11. The summed E-state index contributed by atoms with van der Waals surface area (Å²) in [6.45, 7) is 2.27. The Bertz CT molecular complexity index is 214. The molecule has 1 aliphatic carbocycles. The van der Waals surface area contributed by atoms with Gasteiger partial charge in [0.25, 0.3) is 0 Å². The van der Waals surface area contributed by atoms with Crippen LogP contribution in [0, 0.1) is 0 Å². The van der Waals surface area contributed by atoms with Gasteiger partial charge >= 0.3 is 5.97 Å². The molecule has 2 heteroatoms. The molecule has 0 amide bonds. The van der Waals surface area contributed by atoms with E-state index in [2.05, 4.69) is 6.08 Å². The zero-order valence-electron chi connectivity index (χ0n) is 7.38. The molecular formula is C10H14O2. The molecular weight excluding hydrogens is 152 g/mol. The second-order valence-electron chi connectivity index (χ2n) is 2.81. The van der Waals surface area contributed by atoms with E-state index in [1.54, 1.807) is 6.92 Å². The van der Waals surface area contributed by atoms with E-state index in [4.69, 9.17) is 4.74 Å². The zero-order chi connectivity index (χ0) is 8.81. The Hall–Kier alpha value is -1.05. The van der Waals surface area contributed by atoms with Crippen LogP contribution >= 0.6 is 0 Å². The van der Waals surface area contributed by atoms with Gasteiger partial charge in [-0.3, -0.25) is 4.79 Å². The summed E-state index contributed by atoms with van der Waals surface area (Å²) in [5.41, 5.74) is 1.21. The van der Waals surface area contributed by atoms with Crippen LogP contribution in [0.5, 0.6) is 0 Å². The van der Waals surface area contributed by atoms with E-state index in [1.165, 1.54) is 5.57 Å². The number of hydrogen-bond donors (Lipinski definition) is 0. The monoisotopic (exact) mass is 166 g/mol. The second kappa shape index (κ2) is 4.75. The molecule has 0 atom stereocenters. The lowest BCUT2D eigenvalue weighted by Crippen LogP contribution is -2.06. The molecule has 12 heavy (non-hydrogen) atoms. The number of ether oxygens (including phenoxy) is 1. The van der Waals surface area contributed by atoms with Crippen molar-refractivity contribution < 1.29 is 9.53 Å². The molecule has 0 N–H and O–H groups in total. The summed E-state index contributed by atoms with van der Waals surface area (Å²) >= 11 is 0. The molecule has 0 aromatic carbocycles. The first-order valence-electron chi connectivity index (χ1n) is 4.33. The number of carbonyl (C=O) groups is 1. The third kappa shape index (κ3) is 2.91. The number of allylic oxidation sites excluding steroid dienone is 3. The van der Waals surface area contributed by atoms with Crippen molar-refractivity contribution in [2.75, 3.05) is 6.61 Å². The molecule has 0 saturated carbocycles. The number of hydrogen-bond acceptors (Lipinski definition) is 2. The van der Waals surface area contributed by atoms with E-state index >= 15 is 0 Å². The summed E-state index contributed by atoms with van der Waals surface area (Å²) in [5, 5.41) is 0. The Morgan fingerprint density at radius 1 is 1.67 bits per heavy atom. The molecule has 2 nitrogen and oxygen atoms in total. The van der Waals surface area contributed by atoms with Gasteiger partial charge in [0.1, 0.15) is 6.61 Å². The molecule has 1 rings (SSSR count). The average molecular weight is 166 g/mol. The minimum absolute atomic E-state index is 0.120. The summed E-state index contributed by atoms with van der Waals surface area (Å²) in [6.07, 6.45) is 8.70. The van der Waals surface area contributed by atoms with Gasteiger partial charge in [0.15, 0.2) is 0 Å². The molecule has 0 unspecified atom stereocenters. The first-order chi connectivity index (χ1) is 5.83. The molecule has 0 fully saturated rings. The third-order valence-corrected chi connectivity index (χ3v) is 1.81. The van der Waals surface area contributed by atoms with Crippen molar-refractivity contribution in [1.82, 2.24) is 0 Å². The van der Waals surface area contributed by atoms with E-state index in [-0.39, 0.29) is 5.97 Å². The van der Waals surface area contributed by atoms with Crippen LogP contribution in [0.25, 0.3) is 0 Å². The van der Waals surface area contributed by atoms with Crippen LogP contribution in [0.1, 0.15) is 26.2 Å². The maximum atomic E-state index is 10.8. The Kier molecular flexibility index (Phi) is 3.58. The first-order valence-corrected chi connectivity index (χ1v) is 4.33. The van der Waals surface area contributed by atoms with Gasteiger partial charge in [-0.25, -0.2) is 0 Å². The van der Waals surface area contributed by atoms with Crippen molar-refractivity contribution in [1.29, 1.82) is 0 Å². The van der Waals surface area contributed by atoms with Crippen LogP contribution in [-0.4, -0.2) is 12.6 Å².